The summed E-state index contributed by atoms with van der Waals surface area (Å²) in [6.45, 7) is 3.78. The minimum atomic E-state index is 0.171. The summed E-state index contributed by atoms with van der Waals surface area (Å²) in [6.07, 6.45) is 4.60. The molecule has 0 saturated carbocycles. The van der Waals surface area contributed by atoms with Crippen molar-refractivity contribution < 1.29 is 4.79 Å². The summed E-state index contributed by atoms with van der Waals surface area (Å²) in [5.74, 6) is 0.171. The average Bonchev–Trinajstić information content (AvgIpc) is 3.34. The predicted molar refractivity (Wildman–Crippen MR) is 105 cm³/mol. The third kappa shape index (κ3) is 3.65. The maximum atomic E-state index is 12.5. The van der Waals surface area contributed by atoms with Crippen LogP contribution in [0.5, 0.6) is 0 Å². The van der Waals surface area contributed by atoms with Crippen molar-refractivity contribution in [2.45, 2.75) is 38.3 Å². The molecule has 2 aromatic carbocycles. The van der Waals surface area contributed by atoms with Crippen LogP contribution in [-0.2, 0) is 6.54 Å². The van der Waals surface area contributed by atoms with Crippen LogP contribution in [0.2, 0.25) is 5.02 Å². The van der Waals surface area contributed by atoms with Gasteiger partial charge in [-0.05, 0) is 61.6 Å². The highest BCUT2D eigenvalue weighted by molar-refractivity contribution is 6.31. The van der Waals surface area contributed by atoms with Gasteiger partial charge in [0.15, 0.2) is 0 Å². The fraction of sp³-hybridized carbons (Fsp3) is 0.409. The Morgan fingerprint density at radius 1 is 0.962 bits per heavy atom. The van der Waals surface area contributed by atoms with Gasteiger partial charge in [0.2, 0.25) is 0 Å². The molecule has 0 aliphatic carbocycles. The van der Waals surface area contributed by atoms with E-state index in [0.29, 0.717) is 6.04 Å². The molecular weight excluding hydrogens is 344 g/mol. The zero-order chi connectivity index (χ0) is 17.9. The molecule has 1 atom stereocenters. The largest absolute Gasteiger partial charge is 0.339 e. The fourth-order valence-corrected chi connectivity index (χ4v) is 4.46. The highest BCUT2D eigenvalue weighted by Gasteiger charge is 2.27. The Morgan fingerprint density at radius 2 is 1.69 bits per heavy atom. The van der Waals surface area contributed by atoms with E-state index in [4.69, 9.17) is 11.6 Å². The van der Waals surface area contributed by atoms with E-state index < -0.39 is 0 Å². The molecule has 0 aromatic heterocycles. The molecule has 1 unspecified atom stereocenters. The Labute approximate surface area is 160 Å². The van der Waals surface area contributed by atoms with Crippen molar-refractivity contribution in [2.75, 3.05) is 19.6 Å². The molecule has 0 spiro atoms. The van der Waals surface area contributed by atoms with Gasteiger partial charge < -0.3 is 4.90 Å². The van der Waals surface area contributed by atoms with Crippen molar-refractivity contribution in [3.63, 3.8) is 0 Å². The summed E-state index contributed by atoms with van der Waals surface area (Å²) < 4.78 is 0. The number of carbonyl (C=O) groups excluding carboxylic acids is 1. The summed E-state index contributed by atoms with van der Waals surface area (Å²) in [6, 6.07) is 16.7. The lowest BCUT2D eigenvalue weighted by atomic mass is 10.0. The highest BCUT2D eigenvalue weighted by atomic mass is 35.5. The molecule has 2 aromatic rings. The van der Waals surface area contributed by atoms with Gasteiger partial charge in [-0.3, -0.25) is 9.69 Å². The molecule has 0 N–H and O–H groups in total. The van der Waals surface area contributed by atoms with E-state index in [1.165, 1.54) is 17.5 Å². The van der Waals surface area contributed by atoms with Gasteiger partial charge in [0.1, 0.15) is 0 Å². The first-order valence-corrected chi connectivity index (χ1v) is 9.97. The molecule has 3 nitrogen and oxygen atoms in total. The second-order valence-corrected chi connectivity index (χ2v) is 7.75. The molecular formula is C22H25ClN2O. The molecule has 26 heavy (non-hydrogen) atoms. The van der Waals surface area contributed by atoms with Gasteiger partial charge in [-0.25, -0.2) is 0 Å². The number of hydrogen-bond acceptors (Lipinski definition) is 2. The first-order valence-electron chi connectivity index (χ1n) is 9.59. The predicted octanol–water partition coefficient (Wildman–Crippen LogP) is 4.91. The standard InChI is InChI=1S/C22H25ClN2O/c23-20-7-2-1-6-19(20)21-8-5-15-25(21)16-17-9-11-18(12-10-17)22(26)24-13-3-4-14-24/h1-2,6-7,9-12,21H,3-5,8,13-16H2. The van der Waals surface area contributed by atoms with Gasteiger partial charge >= 0.3 is 0 Å². The van der Waals surface area contributed by atoms with Crippen LogP contribution in [0.4, 0.5) is 0 Å². The zero-order valence-corrected chi connectivity index (χ0v) is 15.8. The number of nitrogens with zero attached hydrogens (tertiary/aromatic N) is 2. The maximum absolute atomic E-state index is 12.5. The maximum Gasteiger partial charge on any atom is 0.253 e. The van der Waals surface area contributed by atoms with Crippen molar-refractivity contribution in [3.8, 4) is 0 Å². The van der Waals surface area contributed by atoms with E-state index in [2.05, 4.69) is 29.2 Å². The Morgan fingerprint density at radius 3 is 2.42 bits per heavy atom. The van der Waals surface area contributed by atoms with Gasteiger partial charge in [0.25, 0.3) is 5.91 Å². The molecule has 4 heteroatoms. The van der Waals surface area contributed by atoms with Crippen molar-refractivity contribution in [3.05, 3.63) is 70.2 Å². The second kappa shape index (κ2) is 7.81. The van der Waals surface area contributed by atoms with Crippen molar-refractivity contribution >= 4 is 17.5 Å². The lowest BCUT2D eigenvalue weighted by Gasteiger charge is -2.25. The first kappa shape index (κ1) is 17.6. The number of rotatable bonds is 4. The third-order valence-corrected chi connectivity index (χ3v) is 5.95. The number of likely N-dealkylation sites (tertiary alicyclic amines) is 2. The smallest absolute Gasteiger partial charge is 0.253 e. The van der Waals surface area contributed by atoms with Crippen molar-refractivity contribution in [1.29, 1.82) is 0 Å². The van der Waals surface area contributed by atoms with Crippen LogP contribution < -0.4 is 0 Å². The Balaban J connectivity index is 1.45. The number of halogens is 1. The summed E-state index contributed by atoms with van der Waals surface area (Å²) in [5.41, 5.74) is 3.29. The van der Waals surface area contributed by atoms with Gasteiger partial charge in [0, 0.05) is 36.3 Å². The first-order chi connectivity index (χ1) is 12.7. The second-order valence-electron chi connectivity index (χ2n) is 7.35. The van der Waals surface area contributed by atoms with Gasteiger partial charge in [-0.2, -0.15) is 0 Å². The Kier molecular flexibility index (Phi) is 5.28. The van der Waals surface area contributed by atoms with Crippen molar-refractivity contribution in [2.24, 2.45) is 0 Å². The van der Waals surface area contributed by atoms with E-state index in [0.717, 1.165) is 56.0 Å². The third-order valence-electron chi connectivity index (χ3n) is 5.61. The van der Waals surface area contributed by atoms with E-state index >= 15 is 0 Å². The molecule has 2 aliphatic rings. The lowest BCUT2D eigenvalue weighted by molar-refractivity contribution is 0.0793. The van der Waals surface area contributed by atoms with Crippen LogP contribution in [0.1, 0.15) is 53.2 Å². The van der Waals surface area contributed by atoms with Crippen LogP contribution in [0, 0.1) is 0 Å². The number of benzene rings is 2. The van der Waals surface area contributed by atoms with Crippen molar-refractivity contribution in [1.82, 2.24) is 9.80 Å². The minimum Gasteiger partial charge on any atom is -0.339 e. The van der Waals surface area contributed by atoms with E-state index in [1.54, 1.807) is 0 Å². The van der Waals surface area contributed by atoms with Crippen LogP contribution >= 0.6 is 11.6 Å². The molecule has 2 aliphatic heterocycles. The number of carbonyl (C=O) groups is 1. The summed E-state index contributed by atoms with van der Waals surface area (Å²) in [5, 5.41) is 0.857. The molecule has 136 valence electrons. The molecule has 4 rings (SSSR count). The molecule has 2 heterocycles. The SMILES string of the molecule is O=C(c1ccc(CN2CCCC2c2ccccc2Cl)cc1)N1CCCC1. The van der Waals surface area contributed by atoms with Crippen LogP contribution in [0.15, 0.2) is 48.5 Å². The Hall–Kier alpha value is -1.84. The van der Waals surface area contributed by atoms with Gasteiger partial charge in [-0.1, -0.05) is 41.9 Å². The number of amides is 1. The summed E-state index contributed by atoms with van der Waals surface area (Å²) in [7, 11) is 0. The highest BCUT2D eigenvalue weighted by Crippen LogP contribution is 2.36. The molecule has 2 fully saturated rings. The van der Waals surface area contributed by atoms with E-state index in [9.17, 15) is 4.79 Å². The minimum absolute atomic E-state index is 0.171. The summed E-state index contributed by atoms with van der Waals surface area (Å²) >= 11 is 6.42. The zero-order valence-electron chi connectivity index (χ0n) is 15.0. The molecule has 0 radical (unpaired) electrons. The van der Waals surface area contributed by atoms with E-state index in [1.807, 2.05) is 29.2 Å². The van der Waals surface area contributed by atoms with E-state index in [-0.39, 0.29) is 5.91 Å². The van der Waals surface area contributed by atoms with Gasteiger partial charge in [0.05, 0.1) is 0 Å². The monoisotopic (exact) mass is 368 g/mol. The summed E-state index contributed by atoms with van der Waals surface area (Å²) in [4.78, 5) is 16.9. The molecule has 1 amide bonds. The van der Waals surface area contributed by atoms with Crippen LogP contribution in [0.25, 0.3) is 0 Å². The quantitative estimate of drug-likeness (QED) is 0.765. The molecule has 0 bridgehead atoms. The van der Waals surface area contributed by atoms with Gasteiger partial charge in [-0.15, -0.1) is 0 Å². The fourth-order valence-electron chi connectivity index (χ4n) is 4.20. The normalized spacial score (nSPS) is 20.7. The van der Waals surface area contributed by atoms with Crippen LogP contribution in [0.3, 0.4) is 0 Å². The Bertz CT molecular complexity index is 768. The topological polar surface area (TPSA) is 23.6 Å². The lowest BCUT2D eigenvalue weighted by Crippen LogP contribution is -2.27. The number of hydrogen-bond donors (Lipinski definition) is 0. The molecule has 2 saturated heterocycles. The average molecular weight is 369 g/mol. The van der Waals surface area contributed by atoms with Crippen LogP contribution in [-0.4, -0.2) is 35.3 Å².